The van der Waals surface area contributed by atoms with Gasteiger partial charge in [-0.3, -0.25) is 0 Å². The van der Waals surface area contributed by atoms with E-state index in [1.807, 2.05) is 0 Å². The van der Waals surface area contributed by atoms with Crippen molar-refractivity contribution in [3.05, 3.63) is 30.1 Å². The number of aromatic nitrogens is 2. The molecule has 0 saturated carbocycles. The third-order valence-electron chi connectivity index (χ3n) is 1.76. The molecule has 0 fully saturated rings. The Morgan fingerprint density at radius 3 is 2.43 bits per heavy atom. The largest absolute Gasteiger partial charge is 0.250 e. The van der Waals surface area contributed by atoms with E-state index in [2.05, 4.69) is 4.98 Å². The van der Waals surface area contributed by atoms with Gasteiger partial charge in [0.15, 0.2) is 5.82 Å². The van der Waals surface area contributed by atoms with Crippen molar-refractivity contribution in [2.45, 2.75) is 3.79 Å². The second kappa shape index (κ2) is 3.26. The van der Waals surface area contributed by atoms with Crippen LogP contribution in [0.5, 0.6) is 0 Å². The number of hydrogen-bond acceptors (Lipinski definition) is 1. The van der Waals surface area contributed by atoms with Gasteiger partial charge in [-0.05, 0) is 12.1 Å². The van der Waals surface area contributed by atoms with Crippen LogP contribution in [-0.2, 0) is 3.79 Å². The minimum absolute atomic E-state index is 0.233. The lowest BCUT2D eigenvalue weighted by molar-refractivity contribution is 0.368. The maximum absolute atomic E-state index is 13.5. The zero-order chi connectivity index (χ0) is 10.3. The Hall–Kier alpha value is -0.510. The molecule has 1 aromatic heterocycles. The smallest absolute Gasteiger partial charge is 0.226 e. The normalized spacial score (nSPS) is 12.3. The van der Waals surface area contributed by atoms with Gasteiger partial charge in [0.25, 0.3) is 3.79 Å². The molecule has 0 N–H and O–H groups in total. The van der Waals surface area contributed by atoms with Crippen molar-refractivity contribution in [2.75, 3.05) is 0 Å². The molecule has 74 valence electrons. The Labute approximate surface area is 94.1 Å². The van der Waals surface area contributed by atoms with Gasteiger partial charge in [0.05, 0.1) is 5.52 Å². The molecule has 2 rings (SSSR count). The van der Waals surface area contributed by atoms with E-state index in [1.54, 1.807) is 24.3 Å². The molecule has 6 heteroatoms. The van der Waals surface area contributed by atoms with Crippen molar-refractivity contribution in [1.29, 1.82) is 0 Å². The molecule has 0 amide bonds. The van der Waals surface area contributed by atoms with Crippen LogP contribution in [-0.4, -0.2) is 9.77 Å². The van der Waals surface area contributed by atoms with Crippen LogP contribution in [0.2, 0.25) is 0 Å². The Kier molecular flexibility index (Phi) is 2.33. The minimum Gasteiger partial charge on any atom is -0.226 e. The predicted octanol–water partition coefficient (Wildman–Crippen LogP) is 3.60. The Morgan fingerprint density at radius 1 is 1.21 bits per heavy atom. The van der Waals surface area contributed by atoms with E-state index in [1.165, 1.54) is 0 Å². The molecule has 1 heterocycles. The maximum atomic E-state index is 13.5. The van der Waals surface area contributed by atoms with E-state index in [-0.39, 0.29) is 16.1 Å². The van der Waals surface area contributed by atoms with E-state index in [0.29, 0.717) is 5.52 Å². The van der Waals surface area contributed by atoms with Gasteiger partial charge in [-0.15, -0.1) is 0 Å². The molecule has 0 atom stereocenters. The summed E-state index contributed by atoms with van der Waals surface area (Å²) in [5, 5.41) is 0. The first-order chi connectivity index (χ1) is 6.50. The zero-order valence-electron chi connectivity index (χ0n) is 6.72. The van der Waals surface area contributed by atoms with E-state index >= 15 is 0 Å². The van der Waals surface area contributed by atoms with Gasteiger partial charge < -0.3 is 0 Å². The summed E-state index contributed by atoms with van der Waals surface area (Å²) in [6.07, 6.45) is 0. The standard InChI is InChI=1S/C8H4Cl3FN2/c9-8(10,11)7-13-5-3-1-2-4-6(5)14(7)12/h1-4H. The van der Waals surface area contributed by atoms with E-state index in [4.69, 9.17) is 34.8 Å². The molecule has 2 aromatic rings. The predicted molar refractivity (Wildman–Crippen MR) is 55.5 cm³/mol. The molecule has 0 aliphatic heterocycles. The van der Waals surface area contributed by atoms with E-state index in [9.17, 15) is 4.48 Å². The number of para-hydroxylation sites is 2. The van der Waals surface area contributed by atoms with Crippen LogP contribution in [0.1, 0.15) is 5.82 Å². The highest BCUT2D eigenvalue weighted by molar-refractivity contribution is 6.66. The fraction of sp³-hybridized carbons (Fsp3) is 0.125. The number of benzene rings is 1. The second-order valence-corrected chi connectivity index (χ2v) is 4.98. The summed E-state index contributed by atoms with van der Waals surface area (Å²) in [7, 11) is 0. The fourth-order valence-electron chi connectivity index (χ4n) is 1.17. The molecule has 14 heavy (non-hydrogen) atoms. The highest BCUT2D eigenvalue weighted by atomic mass is 35.6. The molecule has 0 radical (unpaired) electrons. The van der Waals surface area contributed by atoms with Crippen LogP contribution in [0.3, 0.4) is 0 Å². The molecule has 1 aromatic carbocycles. The summed E-state index contributed by atoms with van der Waals surface area (Å²) in [5.41, 5.74) is 0.741. The highest BCUT2D eigenvalue weighted by Crippen LogP contribution is 2.38. The van der Waals surface area contributed by atoms with Crippen LogP contribution >= 0.6 is 34.8 Å². The van der Waals surface area contributed by atoms with Gasteiger partial charge in [-0.1, -0.05) is 51.4 Å². The quantitative estimate of drug-likeness (QED) is 0.656. The lowest BCUT2D eigenvalue weighted by Crippen LogP contribution is -2.06. The molecule has 0 unspecified atom stereocenters. The summed E-state index contributed by atoms with van der Waals surface area (Å²) >= 11 is 16.6. The lowest BCUT2D eigenvalue weighted by Gasteiger charge is -2.06. The molecular weight excluding hydrogens is 249 g/mol. The topological polar surface area (TPSA) is 17.8 Å². The van der Waals surface area contributed by atoms with Crippen LogP contribution in [0.25, 0.3) is 11.0 Å². The van der Waals surface area contributed by atoms with Crippen LogP contribution in [0.4, 0.5) is 4.48 Å². The van der Waals surface area contributed by atoms with E-state index in [0.717, 1.165) is 0 Å². The van der Waals surface area contributed by atoms with E-state index < -0.39 is 3.79 Å². The maximum Gasteiger partial charge on any atom is 0.250 e. The summed E-state index contributed by atoms with van der Waals surface area (Å²) in [5.74, 6) is -0.233. The van der Waals surface area contributed by atoms with Crippen molar-refractivity contribution in [3.8, 4) is 0 Å². The number of hydrogen-bond donors (Lipinski definition) is 0. The molecule has 0 saturated heterocycles. The number of imidazole rings is 1. The second-order valence-electron chi connectivity index (χ2n) is 2.70. The van der Waals surface area contributed by atoms with Crippen molar-refractivity contribution >= 4 is 45.8 Å². The van der Waals surface area contributed by atoms with Gasteiger partial charge in [0.2, 0.25) is 0 Å². The lowest BCUT2D eigenvalue weighted by atomic mass is 10.3. The minimum atomic E-state index is -1.85. The average Bonchev–Trinajstić information content (AvgIpc) is 2.44. The molecule has 0 bridgehead atoms. The zero-order valence-corrected chi connectivity index (χ0v) is 8.98. The third kappa shape index (κ3) is 1.56. The SMILES string of the molecule is Fn1c(C(Cl)(Cl)Cl)nc2ccccc21. The van der Waals surface area contributed by atoms with Crippen LogP contribution in [0.15, 0.2) is 24.3 Å². The Bertz CT molecular complexity index is 475. The summed E-state index contributed by atoms with van der Waals surface area (Å²) in [4.78, 5) is 4.16. The molecule has 2 nitrogen and oxygen atoms in total. The van der Waals surface area contributed by atoms with Gasteiger partial charge in [-0.2, -0.15) is 4.79 Å². The number of alkyl halides is 3. The summed E-state index contributed by atoms with van der Waals surface area (Å²) < 4.78 is 11.7. The van der Waals surface area contributed by atoms with Gasteiger partial charge in [0.1, 0.15) is 5.52 Å². The van der Waals surface area contributed by atoms with Crippen molar-refractivity contribution in [3.63, 3.8) is 0 Å². The Balaban J connectivity index is 2.75. The van der Waals surface area contributed by atoms with Crippen LogP contribution in [0, 0.1) is 0 Å². The number of halogens is 4. The summed E-state index contributed by atoms with van der Waals surface area (Å²) in [6.45, 7) is 0. The highest BCUT2D eigenvalue weighted by Gasteiger charge is 2.30. The average molecular weight is 253 g/mol. The Morgan fingerprint density at radius 2 is 1.86 bits per heavy atom. The summed E-state index contributed by atoms with van der Waals surface area (Å²) in [6, 6.07) is 6.62. The van der Waals surface area contributed by atoms with Crippen LogP contribution < -0.4 is 0 Å². The first-order valence-corrected chi connectivity index (χ1v) is 4.84. The number of fused-ring (bicyclic) bond motifs is 1. The molecule has 0 aliphatic rings. The van der Waals surface area contributed by atoms with Gasteiger partial charge in [-0.25, -0.2) is 4.98 Å². The molecular formula is C8H4Cl3FN2. The van der Waals surface area contributed by atoms with Gasteiger partial charge >= 0.3 is 0 Å². The molecule has 0 spiro atoms. The third-order valence-corrected chi connectivity index (χ3v) is 2.27. The number of nitrogens with zero attached hydrogens (tertiary/aromatic N) is 2. The van der Waals surface area contributed by atoms with Gasteiger partial charge in [0, 0.05) is 0 Å². The van der Waals surface area contributed by atoms with Crippen molar-refractivity contribution in [2.24, 2.45) is 0 Å². The fourth-order valence-corrected chi connectivity index (χ4v) is 1.52. The molecule has 0 aliphatic carbocycles. The van der Waals surface area contributed by atoms with Crippen molar-refractivity contribution < 1.29 is 4.48 Å². The first kappa shape index (κ1) is 10.0. The van der Waals surface area contributed by atoms with Crippen molar-refractivity contribution in [1.82, 2.24) is 9.77 Å². The number of rotatable bonds is 0. The first-order valence-electron chi connectivity index (χ1n) is 3.71. The monoisotopic (exact) mass is 252 g/mol.